The minimum absolute atomic E-state index is 0.0255. The van der Waals surface area contributed by atoms with E-state index in [9.17, 15) is 14.4 Å². The molecule has 0 aliphatic heterocycles. The van der Waals surface area contributed by atoms with Gasteiger partial charge in [-0.2, -0.15) is 0 Å². The van der Waals surface area contributed by atoms with Gasteiger partial charge in [-0.1, -0.05) is 11.6 Å². The van der Waals surface area contributed by atoms with E-state index < -0.39 is 17.2 Å². The fourth-order valence-electron chi connectivity index (χ4n) is 2.92. The van der Waals surface area contributed by atoms with Crippen LogP contribution in [0.15, 0.2) is 28.0 Å². The molecule has 0 bridgehead atoms. The molecule has 0 aliphatic carbocycles. The highest BCUT2D eigenvalue weighted by atomic mass is 35.5. The molecule has 0 atom stereocenters. The molecule has 0 saturated heterocycles. The van der Waals surface area contributed by atoms with Crippen molar-refractivity contribution in [3.8, 4) is 11.5 Å². The standard InChI is InChI=1S/C18H19ClN4O6/c1-21-15-13(16(24)22(2)18(21)26)23(9-20-15)5-6-29-17(25)10-7-11(19)14(28-4)12(8-10)27-3/h7-9H,5-6H2,1-4H3. The number of rotatable bonds is 6. The lowest BCUT2D eigenvalue weighted by Gasteiger charge is -2.12. The molecular weight excluding hydrogens is 404 g/mol. The number of halogens is 1. The van der Waals surface area contributed by atoms with E-state index in [0.717, 1.165) is 4.57 Å². The molecule has 29 heavy (non-hydrogen) atoms. The Hall–Kier alpha value is -3.27. The molecule has 154 valence electrons. The number of ether oxygens (including phenoxy) is 3. The topological polar surface area (TPSA) is 107 Å². The van der Waals surface area contributed by atoms with Crippen molar-refractivity contribution >= 4 is 28.7 Å². The van der Waals surface area contributed by atoms with E-state index in [4.69, 9.17) is 25.8 Å². The van der Waals surface area contributed by atoms with Gasteiger partial charge in [0.25, 0.3) is 5.56 Å². The Bertz CT molecular complexity index is 1210. The number of benzene rings is 1. The molecule has 11 heteroatoms. The molecule has 2 aromatic heterocycles. The second kappa shape index (κ2) is 8.00. The van der Waals surface area contributed by atoms with Crippen LogP contribution in [0.1, 0.15) is 10.4 Å². The first kappa shape index (κ1) is 20.5. The second-order valence-corrected chi connectivity index (χ2v) is 6.55. The summed E-state index contributed by atoms with van der Waals surface area (Å²) in [6.45, 7) is 0.152. The van der Waals surface area contributed by atoms with Gasteiger partial charge in [-0.05, 0) is 12.1 Å². The van der Waals surface area contributed by atoms with Gasteiger partial charge in [0.2, 0.25) is 0 Å². The number of hydrogen-bond donors (Lipinski definition) is 0. The molecule has 0 amide bonds. The van der Waals surface area contributed by atoms with Crippen LogP contribution in [0.2, 0.25) is 5.02 Å². The van der Waals surface area contributed by atoms with E-state index in [2.05, 4.69) is 4.98 Å². The molecule has 3 rings (SSSR count). The number of imidazole rings is 1. The number of hydrogen-bond acceptors (Lipinski definition) is 7. The van der Waals surface area contributed by atoms with Gasteiger partial charge >= 0.3 is 11.7 Å². The highest BCUT2D eigenvalue weighted by molar-refractivity contribution is 6.32. The van der Waals surface area contributed by atoms with E-state index in [1.807, 2.05) is 0 Å². The molecule has 0 saturated carbocycles. The first-order chi connectivity index (χ1) is 13.8. The van der Waals surface area contributed by atoms with Crippen molar-refractivity contribution in [3.05, 3.63) is 49.9 Å². The molecule has 10 nitrogen and oxygen atoms in total. The first-order valence-electron chi connectivity index (χ1n) is 8.49. The van der Waals surface area contributed by atoms with Crippen molar-refractivity contribution in [2.45, 2.75) is 6.54 Å². The van der Waals surface area contributed by atoms with E-state index >= 15 is 0 Å². The molecule has 3 aromatic rings. The van der Waals surface area contributed by atoms with E-state index in [1.54, 1.807) is 0 Å². The van der Waals surface area contributed by atoms with Crippen molar-refractivity contribution in [2.24, 2.45) is 14.1 Å². The van der Waals surface area contributed by atoms with Crippen LogP contribution in [0, 0.1) is 0 Å². The molecule has 0 N–H and O–H groups in total. The average Bonchev–Trinajstić information content (AvgIpc) is 3.13. The first-order valence-corrected chi connectivity index (χ1v) is 8.87. The molecule has 0 aliphatic rings. The summed E-state index contributed by atoms with van der Waals surface area (Å²) >= 11 is 6.11. The van der Waals surface area contributed by atoms with Gasteiger partial charge in [-0.3, -0.25) is 13.9 Å². The van der Waals surface area contributed by atoms with Gasteiger partial charge in [0.1, 0.15) is 6.61 Å². The van der Waals surface area contributed by atoms with E-state index in [1.165, 1.54) is 55.9 Å². The Morgan fingerprint density at radius 3 is 2.52 bits per heavy atom. The quantitative estimate of drug-likeness (QED) is 0.544. The highest BCUT2D eigenvalue weighted by Crippen LogP contribution is 2.36. The predicted octanol–water partition coefficient (Wildman–Crippen LogP) is 0.961. The third-order valence-corrected chi connectivity index (χ3v) is 4.73. The van der Waals surface area contributed by atoms with Gasteiger partial charge in [0, 0.05) is 14.1 Å². The number of fused-ring (bicyclic) bond motifs is 1. The zero-order chi connectivity index (χ0) is 21.3. The van der Waals surface area contributed by atoms with Crippen molar-refractivity contribution in [3.63, 3.8) is 0 Å². The number of carbonyl (C=O) groups excluding carboxylic acids is 1. The fourth-order valence-corrected chi connectivity index (χ4v) is 3.21. The summed E-state index contributed by atoms with van der Waals surface area (Å²) < 4.78 is 19.4. The maximum Gasteiger partial charge on any atom is 0.338 e. The Balaban J connectivity index is 1.79. The highest BCUT2D eigenvalue weighted by Gasteiger charge is 2.17. The summed E-state index contributed by atoms with van der Waals surface area (Å²) in [4.78, 5) is 40.9. The van der Waals surface area contributed by atoms with E-state index in [-0.39, 0.29) is 34.9 Å². The smallest absolute Gasteiger partial charge is 0.338 e. The zero-order valence-electron chi connectivity index (χ0n) is 16.3. The van der Waals surface area contributed by atoms with Crippen LogP contribution in [-0.2, 0) is 25.4 Å². The molecule has 0 radical (unpaired) electrons. The van der Waals surface area contributed by atoms with Gasteiger partial charge in [-0.15, -0.1) is 0 Å². The lowest BCUT2D eigenvalue weighted by molar-refractivity contribution is 0.0492. The van der Waals surface area contributed by atoms with Gasteiger partial charge in [0.05, 0.1) is 37.7 Å². The Kier molecular flexibility index (Phi) is 5.64. The van der Waals surface area contributed by atoms with Crippen LogP contribution in [-0.4, -0.2) is 45.5 Å². The normalized spacial score (nSPS) is 10.9. The van der Waals surface area contributed by atoms with Crippen LogP contribution in [0.5, 0.6) is 11.5 Å². The van der Waals surface area contributed by atoms with Crippen molar-refractivity contribution in [1.29, 1.82) is 0 Å². The van der Waals surface area contributed by atoms with Crippen LogP contribution < -0.4 is 20.7 Å². The lowest BCUT2D eigenvalue weighted by atomic mass is 10.2. The van der Waals surface area contributed by atoms with Crippen LogP contribution >= 0.6 is 11.6 Å². The average molecular weight is 423 g/mol. The van der Waals surface area contributed by atoms with Crippen LogP contribution in [0.4, 0.5) is 0 Å². The summed E-state index contributed by atoms with van der Waals surface area (Å²) in [5, 5.41) is 0.212. The van der Waals surface area contributed by atoms with Crippen LogP contribution in [0.25, 0.3) is 11.2 Å². The SMILES string of the molecule is COc1cc(C(=O)OCCn2cnc3c2c(=O)n(C)c(=O)n3C)cc(Cl)c1OC. The van der Waals surface area contributed by atoms with Crippen molar-refractivity contribution in [1.82, 2.24) is 18.7 Å². The largest absolute Gasteiger partial charge is 0.493 e. The molecular formula is C18H19ClN4O6. The summed E-state index contributed by atoms with van der Waals surface area (Å²) in [6, 6.07) is 2.88. The maximum atomic E-state index is 12.4. The number of aryl methyl sites for hydroxylation is 1. The molecule has 1 aromatic carbocycles. The van der Waals surface area contributed by atoms with Gasteiger partial charge < -0.3 is 18.8 Å². The minimum Gasteiger partial charge on any atom is -0.493 e. The van der Waals surface area contributed by atoms with Gasteiger partial charge in [-0.25, -0.2) is 14.6 Å². The monoisotopic (exact) mass is 422 g/mol. The summed E-state index contributed by atoms with van der Waals surface area (Å²) in [5.74, 6) is 0.00611. The number of nitrogens with zero attached hydrogens (tertiary/aromatic N) is 4. The second-order valence-electron chi connectivity index (χ2n) is 6.15. The molecule has 0 unspecified atom stereocenters. The lowest BCUT2D eigenvalue weighted by Crippen LogP contribution is -2.37. The number of esters is 1. The number of carbonyl (C=O) groups is 1. The summed E-state index contributed by atoms with van der Waals surface area (Å²) in [7, 11) is 5.79. The molecule has 0 fully saturated rings. The number of aromatic nitrogens is 4. The Morgan fingerprint density at radius 1 is 1.14 bits per heavy atom. The Morgan fingerprint density at radius 2 is 1.86 bits per heavy atom. The fraction of sp³-hybridized carbons (Fsp3) is 0.333. The third kappa shape index (κ3) is 3.58. The molecule has 0 spiro atoms. The summed E-state index contributed by atoms with van der Waals surface area (Å²) in [6.07, 6.45) is 1.42. The minimum atomic E-state index is -0.613. The predicted molar refractivity (Wildman–Crippen MR) is 105 cm³/mol. The van der Waals surface area contributed by atoms with E-state index in [0.29, 0.717) is 11.5 Å². The zero-order valence-corrected chi connectivity index (χ0v) is 17.0. The van der Waals surface area contributed by atoms with Crippen molar-refractivity contribution in [2.75, 3.05) is 20.8 Å². The molecule has 2 heterocycles. The third-order valence-electron chi connectivity index (χ3n) is 4.45. The Labute approximate surface area is 169 Å². The summed E-state index contributed by atoms with van der Waals surface area (Å²) in [5.41, 5.74) is -0.236. The van der Waals surface area contributed by atoms with Crippen molar-refractivity contribution < 1.29 is 19.0 Å². The van der Waals surface area contributed by atoms with Gasteiger partial charge in [0.15, 0.2) is 22.7 Å². The number of methoxy groups -OCH3 is 2. The maximum absolute atomic E-state index is 12.4. The van der Waals surface area contributed by atoms with Crippen LogP contribution in [0.3, 0.4) is 0 Å².